The number of nitriles is 2. The minimum absolute atomic E-state index is 0.0124. The Kier molecular flexibility index (Phi) is 15.4. The number of rotatable bonds is 19. The van der Waals surface area contributed by atoms with Crippen LogP contribution in [-0.2, 0) is 30.9 Å². The van der Waals surface area contributed by atoms with Crippen LogP contribution >= 0.6 is 46.4 Å². The van der Waals surface area contributed by atoms with E-state index in [2.05, 4.69) is 46.5 Å². The Morgan fingerprint density at radius 3 is 1.68 bits per heavy atom. The number of halogens is 4. The van der Waals surface area contributed by atoms with E-state index in [4.69, 9.17) is 55.9 Å². The Bertz CT molecular complexity index is 3710. The maximum Gasteiger partial charge on any atom is 0.238 e. The molecule has 0 aliphatic heterocycles. The number of hydrogen-bond donors (Lipinski definition) is 3. The Balaban J connectivity index is 0.906. The van der Waals surface area contributed by atoms with Crippen LogP contribution in [0.25, 0.3) is 44.2 Å². The third-order valence-electron chi connectivity index (χ3n) is 12.5. The molecule has 0 spiro atoms. The van der Waals surface area contributed by atoms with Gasteiger partial charge in [-0.2, -0.15) is 15.5 Å². The predicted molar refractivity (Wildman–Crippen MR) is 288 cm³/mol. The molecule has 0 atom stereocenters. The summed E-state index contributed by atoms with van der Waals surface area (Å²) in [5.74, 6) is -0.762. The molecule has 0 bridgehead atoms. The van der Waals surface area contributed by atoms with E-state index in [1.54, 1.807) is 42.6 Å². The molecular weight excluding hydrogens is 1050 g/mol. The molecule has 73 heavy (non-hydrogen) atoms. The van der Waals surface area contributed by atoms with E-state index in [0.717, 1.165) is 44.5 Å². The van der Waals surface area contributed by atoms with E-state index in [1.807, 2.05) is 82.3 Å². The summed E-state index contributed by atoms with van der Waals surface area (Å²) in [5.41, 5.74) is 7.17. The van der Waals surface area contributed by atoms with Crippen molar-refractivity contribution in [3.05, 3.63) is 153 Å². The molecule has 0 unspecified atom stereocenters. The fraction of sp³-hybridized carbons (Fsp3) is 0.231. The van der Waals surface area contributed by atoms with Gasteiger partial charge >= 0.3 is 0 Å². The number of H-pyrrole nitrogens is 1. The van der Waals surface area contributed by atoms with Gasteiger partial charge in [0, 0.05) is 39.6 Å². The molecular formula is C52H45Cl4N9O6S2. The van der Waals surface area contributed by atoms with Crippen molar-refractivity contribution in [3.63, 3.8) is 0 Å². The molecule has 3 aromatic heterocycles. The molecule has 0 amide bonds. The van der Waals surface area contributed by atoms with Gasteiger partial charge in [-0.25, -0.2) is 31.8 Å². The lowest BCUT2D eigenvalue weighted by atomic mass is 9.77. The molecule has 8 rings (SSSR count). The molecule has 21 heteroatoms. The van der Waals surface area contributed by atoms with Crippen molar-refractivity contribution in [1.29, 1.82) is 10.5 Å². The summed E-state index contributed by atoms with van der Waals surface area (Å²) in [4.78, 5) is 20.2. The van der Waals surface area contributed by atoms with E-state index in [9.17, 15) is 27.4 Å². The van der Waals surface area contributed by atoms with Gasteiger partial charge in [0.15, 0.2) is 17.3 Å². The van der Waals surface area contributed by atoms with Crippen LogP contribution in [0.2, 0.25) is 10.0 Å². The fourth-order valence-electron chi connectivity index (χ4n) is 8.25. The Morgan fingerprint density at radius 2 is 1.15 bits per heavy atom. The number of nitrogens with zero attached hydrogens (tertiary/aromatic N) is 6. The van der Waals surface area contributed by atoms with Crippen molar-refractivity contribution in [2.45, 2.75) is 38.5 Å². The van der Waals surface area contributed by atoms with Crippen LogP contribution in [0.15, 0.2) is 110 Å². The highest BCUT2D eigenvalue weighted by Gasteiger charge is 2.28. The highest BCUT2D eigenvalue weighted by atomic mass is 35.5. The summed E-state index contributed by atoms with van der Waals surface area (Å²) in [6.07, 6.45) is 4.44. The van der Waals surface area contributed by atoms with Gasteiger partial charge < -0.3 is 14.5 Å². The van der Waals surface area contributed by atoms with Crippen molar-refractivity contribution < 1.29 is 26.3 Å². The van der Waals surface area contributed by atoms with Crippen LogP contribution < -0.4 is 18.9 Å². The molecule has 15 nitrogen and oxygen atoms in total. The van der Waals surface area contributed by atoms with Gasteiger partial charge in [0.05, 0.1) is 50.0 Å². The van der Waals surface area contributed by atoms with Crippen LogP contribution in [0.3, 0.4) is 0 Å². The van der Waals surface area contributed by atoms with E-state index < -0.39 is 42.4 Å². The summed E-state index contributed by atoms with van der Waals surface area (Å²) in [6, 6.07) is 32.5. The van der Waals surface area contributed by atoms with Gasteiger partial charge in [0.2, 0.25) is 26.0 Å². The normalized spacial score (nSPS) is 12.1. The highest BCUT2D eigenvalue weighted by Crippen LogP contribution is 2.41. The standard InChI is InChI=1S/C52H45Cl4N9O6S2/c1-51(2,38-21-34(26-57)46(43(55)24-38)70-17-15-53)36-10-5-31(6-11-36)33-9-14-40-45(23-33)61-30-62-49(40)64-72(66,67)19-20-73(68,69)65-50-60-29-42-41(28-59-48(42)63-50)32-7-12-37(13-8-32)52(3,4)39-22-35(27-58)47(44(56)25-39)71-18-16-54/h5-14,21-25,28-30H,15-20H2,1-4H3,(H,61,62,64)(H2,59,60,63,65). The van der Waals surface area contributed by atoms with E-state index >= 15 is 0 Å². The quantitative estimate of drug-likeness (QED) is 0.0643. The van der Waals surface area contributed by atoms with Crippen LogP contribution in [0, 0.1) is 22.7 Å². The number of ether oxygens (including phenoxy) is 2. The number of alkyl halides is 2. The summed E-state index contributed by atoms with van der Waals surface area (Å²) in [5, 5.41) is 21.3. The SMILES string of the molecule is CC(C)(c1ccc(-c2ccc3c(NS(=O)(=O)CCS(=O)(=O)Nc4ncc5c(-c6ccc(C(C)(C)c7cc(Cl)c(OCCCl)c(C#N)c7)cc6)c[nH]c5n4)ncnc3c2)cc1)c1cc(Cl)c(OCCCl)c(C#N)c1. The highest BCUT2D eigenvalue weighted by molar-refractivity contribution is 7.96. The van der Waals surface area contributed by atoms with Gasteiger partial charge in [-0.3, -0.25) is 9.44 Å². The first-order valence-corrected chi connectivity index (χ1v) is 27.6. The first-order valence-electron chi connectivity index (χ1n) is 22.4. The maximum absolute atomic E-state index is 13.3. The molecule has 0 radical (unpaired) electrons. The van der Waals surface area contributed by atoms with Gasteiger partial charge in [0.25, 0.3) is 0 Å². The van der Waals surface area contributed by atoms with Crippen molar-refractivity contribution in [3.8, 4) is 45.9 Å². The van der Waals surface area contributed by atoms with E-state index in [0.29, 0.717) is 54.6 Å². The first-order chi connectivity index (χ1) is 34.8. The number of anilines is 2. The van der Waals surface area contributed by atoms with E-state index in [-0.39, 0.29) is 36.7 Å². The van der Waals surface area contributed by atoms with E-state index in [1.165, 1.54) is 12.5 Å². The number of benzene rings is 5. The summed E-state index contributed by atoms with van der Waals surface area (Å²) in [7, 11) is -8.50. The van der Waals surface area contributed by atoms with Crippen molar-refractivity contribution >= 4 is 100 Å². The average Bonchev–Trinajstić information content (AvgIpc) is 3.80. The number of fused-ring (bicyclic) bond motifs is 2. The number of aromatic nitrogens is 5. The molecule has 0 saturated heterocycles. The molecule has 0 aliphatic rings. The zero-order valence-electron chi connectivity index (χ0n) is 39.6. The summed E-state index contributed by atoms with van der Waals surface area (Å²) in [6.45, 7) is 8.54. The minimum atomic E-state index is -4.25. The Morgan fingerprint density at radius 1 is 0.630 bits per heavy atom. The summed E-state index contributed by atoms with van der Waals surface area (Å²) >= 11 is 24.7. The molecule has 3 heterocycles. The molecule has 0 saturated carbocycles. The maximum atomic E-state index is 13.3. The molecule has 5 aromatic carbocycles. The van der Waals surface area contributed by atoms with Crippen molar-refractivity contribution in [2.24, 2.45) is 0 Å². The number of hydrogen-bond acceptors (Lipinski definition) is 12. The lowest BCUT2D eigenvalue weighted by Gasteiger charge is -2.27. The number of nitrogens with one attached hydrogen (secondary N) is 3. The second-order valence-electron chi connectivity index (χ2n) is 17.8. The molecule has 8 aromatic rings. The summed E-state index contributed by atoms with van der Waals surface area (Å²) < 4.78 is 69.1. The predicted octanol–water partition coefficient (Wildman–Crippen LogP) is 11.4. The second-order valence-corrected chi connectivity index (χ2v) is 23.1. The lowest BCUT2D eigenvalue weighted by molar-refractivity contribution is 0.341. The van der Waals surface area contributed by atoms with Crippen LogP contribution in [0.1, 0.15) is 61.1 Å². The zero-order chi connectivity index (χ0) is 52.3. The fourth-order valence-corrected chi connectivity index (χ4v) is 11.7. The minimum Gasteiger partial charge on any atom is -0.489 e. The van der Waals surface area contributed by atoms with Crippen LogP contribution in [0.4, 0.5) is 11.8 Å². The lowest BCUT2D eigenvalue weighted by Crippen LogP contribution is -2.27. The average molecular weight is 1100 g/mol. The third-order valence-corrected chi connectivity index (χ3v) is 16.1. The topological polar surface area (TPSA) is 226 Å². The smallest absolute Gasteiger partial charge is 0.238 e. The van der Waals surface area contributed by atoms with Crippen molar-refractivity contribution in [1.82, 2.24) is 24.9 Å². The van der Waals surface area contributed by atoms with Gasteiger partial charge in [-0.1, -0.05) is 105 Å². The molecule has 374 valence electrons. The number of aromatic amines is 1. The Hall–Kier alpha value is -6.70. The zero-order valence-corrected chi connectivity index (χ0v) is 44.3. The monoisotopic (exact) mass is 1100 g/mol. The molecule has 3 N–H and O–H groups in total. The Labute approximate surface area is 442 Å². The van der Waals surface area contributed by atoms with Crippen molar-refractivity contribution in [2.75, 3.05) is 45.9 Å². The van der Waals surface area contributed by atoms with Crippen LogP contribution in [-0.4, -0.2) is 78.2 Å². The van der Waals surface area contributed by atoms with Crippen LogP contribution in [0.5, 0.6) is 11.5 Å². The van der Waals surface area contributed by atoms with Gasteiger partial charge in [-0.15, -0.1) is 23.2 Å². The van der Waals surface area contributed by atoms with Gasteiger partial charge in [-0.05, 0) is 75.3 Å². The second kappa shape index (κ2) is 21.4. The first kappa shape index (κ1) is 52.6. The molecule has 0 fully saturated rings. The van der Waals surface area contributed by atoms with Gasteiger partial charge in [0.1, 0.15) is 37.3 Å². The third kappa shape index (κ3) is 11.4. The largest absolute Gasteiger partial charge is 0.489 e. The molecule has 0 aliphatic carbocycles. The number of sulfonamides is 2.